The van der Waals surface area contributed by atoms with Crippen LogP contribution >= 0.6 is 0 Å². The summed E-state index contributed by atoms with van der Waals surface area (Å²) < 4.78 is 15.2. The minimum atomic E-state index is 0.545. The van der Waals surface area contributed by atoms with Crippen molar-refractivity contribution in [1.29, 1.82) is 0 Å². The summed E-state index contributed by atoms with van der Waals surface area (Å²) in [6, 6.07) is 62.7. The molecule has 6 heteroatoms. The van der Waals surface area contributed by atoms with Crippen LogP contribution in [0.2, 0.25) is 0 Å². The van der Waals surface area contributed by atoms with Crippen LogP contribution in [0.3, 0.4) is 0 Å². The third-order valence-corrected chi connectivity index (χ3v) is 11.1. The van der Waals surface area contributed by atoms with Gasteiger partial charge in [0.1, 0.15) is 22.3 Å². The lowest BCUT2D eigenvalue weighted by Crippen LogP contribution is -2.02. The van der Waals surface area contributed by atoms with E-state index in [-0.39, 0.29) is 0 Å². The second kappa shape index (κ2) is 12.3. The Labute approximate surface area is 325 Å². The lowest BCUT2D eigenvalue weighted by molar-refractivity contribution is 0.668. The van der Waals surface area contributed by atoms with Gasteiger partial charge < -0.3 is 13.4 Å². The summed E-state index contributed by atoms with van der Waals surface area (Å²) in [5, 5.41) is 6.45. The van der Waals surface area contributed by atoms with Crippen molar-refractivity contribution >= 4 is 65.7 Å². The van der Waals surface area contributed by atoms with E-state index < -0.39 is 0 Å². The highest BCUT2D eigenvalue weighted by Crippen LogP contribution is 2.41. The highest BCUT2D eigenvalue weighted by Gasteiger charge is 2.22. The van der Waals surface area contributed by atoms with Crippen LogP contribution in [0.5, 0.6) is 0 Å². The fourth-order valence-corrected chi connectivity index (χ4v) is 8.44. The minimum Gasteiger partial charge on any atom is -0.456 e. The van der Waals surface area contributed by atoms with Crippen LogP contribution in [0.1, 0.15) is 0 Å². The van der Waals surface area contributed by atoms with Crippen molar-refractivity contribution in [3.8, 4) is 51.0 Å². The van der Waals surface area contributed by atoms with Crippen molar-refractivity contribution in [3.63, 3.8) is 0 Å². The Bertz CT molecular complexity index is 3530. The van der Waals surface area contributed by atoms with Gasteiger partial charge in [-0.15, -0.1) is 0 Å². The summed E-state index contributed by atoms with van der Waals surface area (Å²) in [5.74, 6) is 1.71. The lowest BCUT2D eigenvalue weighted by Gasteiger charge is -2.13. The molecule has 8 aromatic carbocycles. The Balaban J connectivity index is 1.12. The molecule has 6 nitrogen and oxygen atoms in total. The van der Waals surface area contributed by atoms with E-state index in [9.17, 15) is 0 Å². The lowest BCUT2D eigenvalue weighted by atomic mass is 10.0. The van der Waals surface area contributed by atoms with E-state index in [0.29, 0.717) is 17.5 Å². The summed E-state index contributed by atoms with van der Waals surface area (Å²) in [5.41, 5.74) is 11.3. The van der Waals surface area contributed by atoms with Crippen molar-refractivity contribution < 1.29 is 8.83 Å². The molecule has 12 rings (SSSR count). The molecule has 266 valence electrons. The summed E-state index contributed by atoms with van der Waals surface area (Å²) in [6.45, 7) is 0. The number of para-hydroxylation sites is 4. The Morgan fingerprint density at radius 1 is 0.351 bits per heavy atom. The van der Waals surface area contributed by atoms with Crippen LogP contribution in [0.15, 0.2) is 191 Å². The molecular formula is C51H30N4O2. The van der Waals surface area contributed by atoms with E-state index in [0.717, 1.165) is 93.6 Å². The molecule has 0 bridgehead atoms. The average Bonchev–Trinajstić information content (AvgIpc) is 3.96. The first-order valence-electron chi connectivity index (χ1n) is 19.0. The molecule has 0 saturated heterocycles. The molecule has 0 unspecified atom stereocenters. The van der Waals surface area contributed by atoms with Crippen molar-refractivity contribution in [2.45, 2.75) is 0 Å². The molecule has 0 fully saturated rings. The third kappa shape index (κ3) is 4.94. The highest BCUT2D eigenvalue weighted by atomic mass is 16.3. The summed E-state index contributed by atoms with van der Waals surface area (Å²) >= 11 is 0. The van der Waals surface area contributed by atoms with Gasteiger partial charge >= 0.3 is 0 Å². The second-order valence-electron chi connectivity index (χ2n) is 14.4. The van der Waals surface area contributed by atoms with Gasteiger partial charge in [-0.05, 0) is 65.7 Å². The molecule has 0 amide bonds. The van der Waals surface area contributed by atoms with Gasteiger partial charge in [-0.3, -0.25) is 0 Å². The van der Waals surface area contributed by atoms with Gasteiger partial charge in [-0.1, -0.05) is 127 Å². The van der Waals surface area contributed by atoms with E-state index >= 15 is 0 Å². The molecule has 12 aromatic rings. The van der Waals surface area contributed by atoms with E-state index in [1.807, 2.05) is 66.7 Å². The Hall–Kier alpha value is -7.83. The molecule has 0 spiro atoms. The zero-order valence-corrected chi connectivity index (χ0v) is 30.4. The Morgan fingerprint density at radius 3 is 1.77 bits per heavy atom. The zero-order valence-electron chi connectivity index (χ0n) is 30.4. The van der Waals surface area contributed by atoms with Crippen LogP contribution in [-0.2, 0) is 0 Å². The first-order chi connectivity index (χ1) is 28.2. The molecule has 0 radical (unpaired) electrons. The number of hydrogen-bond acceptors (Lipinski definition) is 5. The van der Waals surface area contributed by atoms with E-state index in [1.165, 1.54) is 5.56 Å². The van der Waals surface area contributed by atoms with Crippen LogP contribution in [0.25, 0.3) is 117 Å². The van der Waals surface area contributed by atoms with Crippen LogP contribution in [0, 0.1) is 0 Å². The number of nitrogens with zero attached hydrogens (tertiary/aromatic N) is 4. The fourth-order valence-electron chi connectivity index (χ4n) is 8.44. The normalized spacial score (nSPS) is 11.9. The smallest absolute Gasteiger partial charge is 0.167 e. The second-order valence-corrected chi connectivity index (χ2v) is 14.4. The van der Waals surface area contributed by atoms with Gasteiger partial charge in [0.05, 0.1) is 16.6 Å². The van der Waals surface area contributed by atoms with Crippen molar-refractivity contribution in [2.24, 2.45) is 0 Å². The summed E-state index contributed by atoms with van der Waals surface area (Å²) in [7, 11) is 0. The van der Waals surface area contributed by atoms with Crippen molar-refractivity contribution in [2.75, 3.05) is 0 Å². The molecule has 0 atom stereocenters. The predicted molar refractivity (Wildman–Crippen MR) is 230 cm³/mol. The maximum Gasteiger partial charge on any atom is 0.167 e. The maximum absolute atomic E-state index is 6.50. The molecule has 0 aliphatic carbocycles. The number of rotatable bonds is 5. The van der Waals surface area contributed by atoms with E-state index in [4.69, 9.17) is 23.8 Å². The topological polar surface area (TPSA) is 69.9 Å². The number of furan rings is 2. The summed E-state index contributed by atoms with van der Waals surface area (Å²) in [6.07, 6.45) is 0. The Morgan fingerprint density at radius 2 is 0.947 bits per heavy atom. The average molecular weight is 731 g/mol. The molecular weight excluding hydrogens is 701 g/mol. The standard InChI is InChI=1S/C51H30N4O2/c1-3-13-31(14-4-1)33-25-27-45-41(29-33)42-30-34(26-28-46(42)56-45)55-43-23-9-7-17-35(43)37-19-11-21-39(47(37)55)50-52-49(32-15-5-2-6-16-32)53-51(54-50)40-22-12-20-38-36-18-8-10-24-44(36)57-48(38)40/h1-30H. The molecule has 0 N–H and O–H groups in total. The molecule has 57 heavy (non-hydrogen) atoms. The largest absolute Gasteiger partial charge is 0.456 e. The minimum absolute atomic E-state index is 0.545. The predicted octanol–water partition coefficient (Wildman–Crippen LogP) is 13.4. The van der Waals surface area contributed by atoms with Gasteiger partial charge in [0, 0.05) is 49.1 Å². The van der Waals surface area contributed by atoms with E-state index in [1.54, 1.807) is 0 Å². The SMILES string of the molecule is c1ccc(-c2ccc3oc4ccc(-n5c6ccccc6c6cccc(-c7nc(-c8ccccc8)nc(-c8cccc9c8oc8ccccc89)n7)c65)cc4c3c2)cc1. The van der Waals surface area contributed by atoms with Gasteiger partial charge in [0.2, 0.25) is 0 Å². The summed E-state index contributed by atoms with van der Waals surface area (Å²) in [4.78, 5) is 15.6. The van der Waals surface area contributed by atoms with Crippen LogP contribution in [-0.4, -0.2) is 19.5 Å². The number of fused-ring (bicyclic) bond motifs is 9. The van der Waals surface area contributed by atoms with Crippen LogP contribution in [0.4, 0.5) is 0 Å². The molecule has 0 aliphatic heterocycles. The third-order valence-electron chi connectivity index (χ3n) is 11.1. The van der Waals surface area contributed by atoms with Gasteiger partial charge in [0.25, 0.3) is 0 Å². The van der Waals surface area contributed by atoms with Gasteiger partial charge in [0.15, 0.2) is 17.5 Å². The molecule has 4 aromatic heterocycles. The number of aromatic nitrogens is 4. The van der Waals surface area contributed by atoms with Gasteiger partial charge in [-0.2, -0.15) is 0 Å². The number of benzene rings is 8. The number of hydrogen-bond donors (Lipinski definition) is 0. The first-order valence-corrected chi connectivity index (χ1v) is 19.0. The fraction of sp³-hybridized carbons (Fsp3) is 0. The molecule has 0 aliphatic rings. The van der Waals surface area contributed by atoms with Crippen molar-refractivity contribution in [1.82, 2.24) is 19.5 Å². The highest BCUT2D eigenvalue weighted by molar-refractivity contribution is 6.14. The van der Waals surface area contributed by atoms with Crippen molar-refractivity contribution in [3.05, 3.63) is 182 Å². The van der Waals surface area contributed by atoms with Gasteiger partial charge in [-0.25, -0.2) is 15.0 Å². The molecule has 4 heterocycles. The molecule has 0 saturated carbocycles. The monoisotopic (exact) mass is 730 g/mol. The quantitative estimate of drug-likeness (QED) is 0.176. The van der Waals surface area contributed by atoms with Crippen LogP contribution < -0.4 is 0 Å². The Kier molecular flexibility index (Phi) is 6.83. The zero-order chi connectivity index (χ0) is 37.5. The first kappa shape index (κ1) is 31.5. The maximum atomic E-state index is 6.50. The van der Waals surface area contributed by atoms with E-state index in [2.05, 4.69) is 120 Å².